The van der Waals surface area contributed by atoms with E-state index >= 15 is 0 Å². The lowest BCUT2D eigenvalue weighted by molar-refractivity contribution is -0.137. The lowest BCUT2D eigenvalue weighted by Gasteiger charge is -2.29. The number of nitrogens with zero attached hydrogens (tertiary/aromatic N) is 2. The zero-order valence-corrected chi connectivity index (χ0v) is 20.1. The number of benzene rings is 1. The Hall–Kier alpha value is -3.14. The van der Waals surface area contributed by atoms with Crippen molar-refractivity contribution in [1.29, 1.82) is 0 Å². The van der Waals surface area contributed by atoms with Crippen molar-refractivity contribution in [1.82, 2.24) is 9.47 Å². The van der Waals surface area contributed by atoms with Gasteiger partial charge in [0, 0.05) is 44.1 Å². The van der Waals surface area contributed by atoms with Gasteiger partial charge in [0.2, 0.25) is 0 Å². The molecule has 1 aromatic carbocycles. The third-order valence-corrected chi connectivity index (χ3v) is 5.87. The molecule has 186 valence electrons. The molecule has 2 rings (SSSR count). The molecule has 0 fully saturated rings. The molecule has 0 spiro atoms. The number of methoxy groups -OCH3 is 2. The Balaban J connectivity index is 2.44. The molecule has 0 saturated carbocycles. The summed E-state index contributed by atoms with van der Waals surface area (Å²) in [6.07, 6.45) is -4.11. The largest absolute Gasteiger partial charge is 0.464 e. The second kappa shape index (κ2) is 10.9. The maximum Gasteiger partial charge on any atom is 0.416 e. The monoisotopic (exact) mass is 482 g/mol. The highest BCUT2D eigenvalue weighted by Gasteiger charge is 2.34. The van der Waals surface area contributed by atoms with Gasteiger partial charge in [0.1, 0.15) is 5.69 Å². The maximum absolute atomic E-state index is 13.5. The number of rotatable bonds is 9. The summed E-state index contributed by atoms with van der Waals surface area (Å²) in [6, 6.07) is 2.92. The number of ketones is 1. The topological polar surface area (TPSA) is 77.8 Å². The van der Waals surface area contributed by atoms with Gasteiger partial charge in [0.25, 0.3) is 5.91 Å². The van der Waals surface area contributed by atoms with Gasteiger partial charge in [-0.1, -0.05) is 0 Å². The van der Waals surface area contributed by atoms with Gasteiger partial charge in [0.15, 0.2) is 5.78 Å². The molecule has 1 amide bonds. The summed E-state index contributed by atoms with van der Waals surface area (Å²) in [5.41, 5.74) is 0.658. The SMILES string of the molecule is COCCCN(C(=O)c1ccc(C(F)(F)F)cc1)C(C)C(=O)c1c(C)c(C(=O)OC)n(C)c1C. The minimum absolute atomic E-state index is 0.0295. The van der Waals surface area contributed by atoms with Crippen LogP contribution in [0.15, 0.2) is 24.3 Å². The molecule has 0 bridgehead atoms. The zero-order valence-electron chi connectivity index (χ0n) is 20.1. The van der Waals surface area contributed by atoms with Gasteiger partial charge in [-0.3, -0.25) is 9.59 Å². The predicted octanol–water partition coefficient (Wildman–Crippen LogP) is 4.20. The zero-order chi connectivity index (χ0) is 25.8. The molecule has 10 heteroatoms. The first-order valence-electron chi connectivity index (χ1n) is 10.6. The summed E-state index contributed by atoms with van der Waals surface area (Å²) in [5.74, 6) is -1.56. The molecule has 1 unspecified atom stereocenters. The lowest BCUT2D eigenvalue weighted by atomic mass is 9.99. The Morgan fingerprint density at radius 1 is 1.09 bits per heavy atom. The molecule has 2 aromatic rings. The summed E-state index contributed by atoms with van der Waals surface area (Å²) in [5, 5.41) is 0. The number of Topliss-reactive ketones (excluding diaryl/α,β-unsaturated/α-hetero) is 1. The highest BCUT2D eigenvalue weighted by atomic mass is 19.4. The average Bonchev–Trinajstić information content (AvgIpc) is 3.02. The van der Waals surface area contributed by atoms with Crippen molar-refractivity contribution in [2.45, 2.75) is 39.4 Å². The number of hydrogen-bond acceptors (Lipinski definition) is 5. The van der Waals surface area contributed by atoms with Gasteiger partial charge >= 0.3 is 12.1 Å². The van der Waals surface area contributed by atoms with Crippen molar-refractivity contribution >= 4 is 17.7 Å². The maximum atomic E-state index is 13.5. The first-order valence-corrected chi connectivity index (χ1v) is 10.6. The molecule has 1 heterocycles. The molecule has 0 N–H and O–H groups in total. The van der Waals surface area contributed by atoms with E-state index < -0.39 is 35.4 Å². The molecule has 1 atom stereocenters. The first kappa shape index (κ1) is 27.1. The van der Waals surface area contributed by atoms with E-state index in [-0.39, 0.29) is 17.8 Å². The number of hydrogen-bond donors (Lipinski definition) is 0. The fourth-order valence-corrected chi connectivity index (χ4v) is 3.89. The molecule has 7 nitrogen and oxygen atoms in total. The normalized spacial score (nSPS) is 12.4. The summed E-state index contributed by atoms with van der Waals surface area (Å²) in [4.78, 5) is 40.3. The summed E-state index contributed by atoms with van der Waals surface area (Å²) in [6.45, 7) is 5.35. The number of amides is 1. The van der Waals surface area contributed by atoms with Crippen LogP contribution in [0.4, 0.5) is 13.2 Å². The number of esters is 1. The molecule has 0 radical (unpaired) electrons. The van der Waals surface area contributed by atoms with Crippen molar-refractivity contribution in [3.05, 3.63) is 57.9 Å². The van der Waals surface area contributed by atoms with Crippen molar-refractivity contribution in [3.8, 4) is 0 Å². The quantitative estimate of drug-likeness (QED) is 0.304. The highest BCUT2D eigenvalue weighted by molar-refractivity contribution is 6.07. The predicted molar refractivity (Wildman–Crippen MR) is 119 cm³/mol. The van der Waals surface area contributed by atoms with Gasteiger partial charge in [-0.25, -0.2) is 4.79 Å². The third-order valence-electron chi connectivity index (χ3n) is 5.87. The molecule has 0 aliphatic carbocycles. The molecule has 34 heavy (non-hydrogen) atoms. The number of halogens is 3. The van der Waals surface area contributed by atoms with Crippen LogP contribution >= 0.6 is 0 Å². The van der Waals surface area contributed by atoms with E-state index in [1.165, 1.54) is 19.1 Å². The number of carbonyl (C=O) groups is 3. The van der Waals surface area contributed by atoms with Crippen LogP contribution in [-0.2, 0) is 22.7 Å². The molecule has 1 aromatic heterocycles. The van der Waals surface area contributed by atoms with Crippen molar-refractivity contribution < 1.29 is 37.0 Å². The first-order chi connectivity index (χ1) is 15.9. The minimum atomic E-state index is -4.53. The minimum Gasteiger partial charge on any atom is -0.464 e. The van der Waals surface area contributed by atoms with E-state index in [1.807, 2.05) is 0 Å². The number of carbonyl (C=O) groups excluding carboxylic acids is 3. The van der Waals surface area contributed by atoms with E-state index in [4.69, 9.17) is 9.47 Å². The van der Waals surface area contributed by atoms with Crippen LogP contribution < -0.4 is 0 Å². The van der Waals surface area contributed by atoms with E-state index in [2.05, 4.69) is 0 Å². The van der Waals surface area contributed by atoms with Crippen molar-refractivity contribution in [2.75, 3.05) is 27.4 Å². The van der Waals surface area contributed by atoms with E-state index in [9.17, 15) is 27.6 Å². The Labute approximate surface area is 196 Å². The van der Waals surface area contributed by atoms with Crippen LogP contribution in [-0.4, -0.2) is 60.5 Å². The standard InChI is InChI=1S/C24H29F3N2O5/c1-14-19(15(2)28(4)20(14)23(32)34-6)21(30)16(3)29(12-7-13-33-5)22(31)17-8-10-18(11-9-17)24(25,26)27/h8-11,16H,7,12-13H2,1-6H3. The second-order valence-corrected chi connectivity index (χ2v) is 7.94. The molecule has 0 aliphatic rings. The molecular formula is C24H29F3N2O5. The van der Waals surface area contributed by atoms with Gasteiger partial charge in [-0.15, -0.1) is 0 Å². The van der Waals surface area contributed by atoms with Crippen LogP contribution in [0.25, 0.3) is 0 Å². The Morgan fingerprint density at radius 3 is 2.18 bits per heavy atom. The lowest BCUT2D eigenvalue weighted by Crippen LogP contribution is -2.44. The van der Waals surface area contributed by atoms with Crippen LogP contribution in [0.2, 0.25) is 0 Å². The summed E-state index contributed by atoms with van der Waals surface area (Å²) in [7, 11) is 4.38. The third kappa shape index (κ3) is 5.49. The number of ether oxygens (including phenoxy) is 2. The summed E-state index contributed by atoms with van der Waals surface area (Å²) < 4.78 is 50.2. The van der Waals surface area contributed by atoms with Crippen molar-refractivity contribution in [3.63, 3.8) is 0 Å². The highest BCUT2D eigenvalue weighted by Crippen LogP contribution is 2.30. The Kier molecular flexibility index (Phi) is 8.66. The van der Waals surface area contributed by atoms with E-state index in [0.29, 0.717) is 29.8 Å². The Morgan fingerprint density at radius 2 is 1.68 bits per heavy atom. The molecular weight excluding hydrogens is 453 g/mol. The van der Waals surface area contributed by atoms with E-state index in [1.54, 1.807) is 32.4 Å². The van der Waals surface area contributed by atoms with Gasteiger partial charge in [-0.2, -0.15) is 13.2 Å². The van der Waals surface area contributed by atoms with Crippen molar-refractivity contribution in [2.24, 2.45) is 7.05 Å². The fraction of sp³-hybridized carbons (Fsp3) is 0.458. The van der Waals surface area contributed by atoms with Crippen LogP contribution in [0, 0.1) is 13.8 Å². The average molecular weight is 482 g/mol. The van der Waals surface area contributed by atoms with Gasteiger partial charge in [-0.05, 0) is 57.0 Å². The van der Waals surface area contributed by atoms with Crippen LogP contribution in [0.5, 0.6) is 0 Å². The summed E-state index contributed by atoms with van der Waals surface area (Å²) >= 11 is 0. The Bertz CT molecular complexity index is 1060. The van der Waals surface area contributed by atoms with Gasteiger partial charge in [0.05, 0.1) is 18.7 Å². The molecule has 0 aliphatic heterocycles. The molecule has 0 saturated heterocycles. The van der Waals surface area contributed by atoms with Crippen LogP contribution in [0.3, 0.4) is 0 Å². The smallest absolute Gasteiger partial charge is 0.416 e. The van der Waals surface area contributed by atoms with E-state index in [0.717, 1.165) is 24.3 Å². The van der Waals surface area contributed by atoms with Gasteiger partial charge < -0.3 is 18.9 Å². The van der Waals surface area contributed by atoms with Crippen LogP contribution in [0.1, 0.15) is 61.4 Å². The second-order valence-electron chi connectivity index (χ2n) is 7.94. The number of alkyl halides is 3. The fourth-order valence-electron chi connectivity index (χ4n) is 3.89. The number of aromatic nitrogens is 1.